The lowest BCUT2D eigenvalue weighted by Crippen LogP contribution is -2.59. The number of benzene rings is 2. The highest BCUT2D eigenvalue weighted by molar-refractivity contribution is 5.91. The van der Waals surface area contributed by atoms with E-state index in [-0.39, 0.29) is 11.9 Å². The van der Waals surface area contributed by atoms with Crippen LogP contribution in [0.2, 0.25) is 0 Å². The molecule has 4 rings (SSSR count). The van der Waals surface area contributed by atoms with E-state index in [1.807, 2.05) is 30.3 Å². The number of hydrogen-bond acceptors (Lipinski definition) is 2. The van der Waals surface area contributed by atoms with Gasteiger partial charge in [0.15, 0.2) is 0 Å². The van der Waals surface area contributed by atoms with E-state index in [0.29, 0.717) is 25.9 Å². The van der Waals surface area contributed by atoms with Gasteiger partial charge in [-0.15, -0.1) is 0 Å². The molecule has 3 N–H and O–H groups in total. The standard InChI is InChI=1S/C24H29N3O2/c28-22(25-17-19-11-12-20-9-6-10-21(20)15-19)24(13-4-5-14-24)27-23(29)26-16-18-7-2-1-3-8-18/h1-3,7-8,11-12,15H,4-6,9-10,13-14,16-17H2,(H,25,28)(H2,26,27,29). The van der Waals surface area contributed by atoms with Crippen LogP contribution in [0.5, 0.6) is 0 Å². The molecule has 152 valence electrons. The van der Waals surface area contributed by atoms with Crippen molar-refractivity contribution in [3.8, 4) is 0 Å². The van der Waals surface area contributed by atoms with Gasteiger partial charge >= 0.3 is 6.03 Å². The summed E-state index contributed by atoms with van der Waals surface area (Å²) >= 11 is 0. The summed E-state index contributed by atoms with van der Waals surface area (Å²) in [4.78, 5) is 25.5. The molecule has 1 fully saturated rings. The summed E-state index contributed by atoms with van der Waals surface area (Å²) in [5, 5.41) is 8.93. The molecule has 0 saturated heterocycles. The van der Waals surface area contributed by atoms with E-state index in [1.165, 1.54) is 17.5 Å². The van der Waals surface area contributed by atoms with Gasteiger partial charge in [0.1, 0.15) is 5.54 Å². The average Bonchev–Trinajstić information content (AvgIpc) is 3.41. The Hall–Kier alpha value is -2.82. The smallest absolute Gasteiger partial charge is 0.315 e. The highest BCUT2D eigenvalue weighted by Crippen LogP contribution is 2.30. The molecule has 0 heterocycles. The van der Waals surface area contributed by atoms with Crippen LogP contribution in [-0.2, 0) is 30.7 Å². The first kappa shape index (κ1) is 19.5. The van der Waals surface area contributed by atoms with Crippen LogP contribution in [0.3, 0.4) is 0 Å². The van der Waals surface area contributed by atoms with Gasteiger partial charge in [0, 0.05) is 13.1 Å². The fourth-order valence-electron chi connectivity index (χ4n) is 4.51. The molecule has 0 unspecified atom stereocenters. The Morgan fingerprint density at radius 2 is 1.52 bits per heavy atom. The van der Waals surface area contributed by atoms with Crippen LogP contribution in [0.1, 0.15) is 54.4 Å². The molecule has 0 aliphatic heterocycles. The predicted octanol–water partition coefficient (Wildman–Crippen LogP) is 3.60. The minimum absolute atomic E-state index is 0.0784. The Kier molecular flexibility index (Phi) is 5.84. The van der Waals surface area contributed by atoms with Crippen LogP contribution in [0.15, 0.2) is 48.5 Å². The molecule has 0 bridgehead atoms. The van der Waals surface area contributed by atoms with Crippen molar-refractivity contribution < 1.29 is 9.59 Å². The molecule has 0 radical (unpaired) electrons. The van der Waals surface area contributed by atoms with Crippen molar-refractivity contribution in [2.75, 3.05) is 0 Å². The maximum absolute atomic E-state index is 13.0. The first-order valence-corrected chi connectivity index (χ1v) is 10.6. The highest BCUT2D eigenvalue weighted by atomic mass is 16.2. The third-order valence-corrected chi connectivity index (χ3v) is 6.16. The zero-order valence-electron chi connectivity index (χ0n) is 16.8. The lowest BCUT2D eigenvalue weighted by molar-refractivity contribution is -0.127. The van der Waals surface area contributed by atoms with Crippen LogP contribution in [0.25, 0.3) is 0 Å². The molecule has 2 aliphatic carbocycles. The molecule has 2 aromatic rings. The number of rotatable bonds is 6. The van der Waals surface area contributed by atoms with Crippen molar-refractivity contribution in [3.05, 3.63) is 70.8 Å². The molecule has 2 aromatic carbocycles. The Balaban J connectivity index is 1.34. The number of fused-ring (bicyclic) bond motifs is 1. The third kappa shape index (κ3) is 4.61. The van der Waals surface area contributed by atoms with Crippen molar-refractivity contribution in [1.29, 1.82) is 0 Å². The molecule has 1 saturated carbocycles. The number of carbonyl (C=O) groups excluding carboxylic acids is 2. The normalized spacial score (nSPS) is 16.8. The van der Waals surface area contributed by atoms with Crippen LogP contribution in [-0.4, -0.2) is 17.5 Å². The van der Waals surface area contributed by atoms with E-state index in [2.05, 4.69) is 34.1 Å². The number of urea groups is 1. The zero-order valence-corrected chi connectivity index (χ0v) is 16.8. The molecule has 29 heavy (non-hydrogen) atoms. The van der Waals surface area contributed by atoms with Crippen LogP contribution in [0, 0.1) is 0 Å². The monoisotopic (exact) mass is 391 g/mol. The van der Waals surface area contributed by atoms with E-state index < -0.39 is 5.54 Å². The summed E-state index contributed by atoms with van der Waals surface area (Å²) in [6.07, 6.45) is 6.77. The lowest BCUT2D eigenvalue weighted by atomic mass is 9.96. The van der Waals surface area contributed by atoms with Gasteiger partial charge in [0.05, 0.1) is 0 Å². The fraction of sp³-hybridized carbons (Fsp3) is 0.417. The van der Waals surface area contributed by atoms with Gasteiger partial charge in [-0.3, -0.25) is 4.79 Å². The second-order valence-corrected chi connectivity index (χ2v) is 8.22. The molecular weight excluding hydrogens is 362 g/mol. The second kappa shape index (κ2) is 8.68. The van der Waals surface area contributed by atoms with Gasteiger partial charge in [-0.1, -0.05) is 61.4 Å². The van der Waals surface area contributed by atoms with Gasteiger partial charge in [-0.25, -0.2) is 4.79 Å². The molecule has 0 atom stereocenters. The Labute approximate surface area is 172 Å². The zero-order chi connectivity index (χ0) is 20.1. The van der Waals surface area contributed by atoms with Crippen molar-refractivity contribution >= 4 is 11.9 Å². The highest BCUT2D eigenvalue weighted by Gasteiger charge is 2.42. The number of nitrogens with one attached hydrogen (secondary N) is 3. The summed E-state index contributed by atoms with van der Waals surface area (Å²) in [6.45, 7) is 0.945. The molecule has 3 amide bonds. The van der Waals surface area contributed by atoms with Crippen molar-refractivity contribution in [3.63, 3.8) is 0 Å². The van der Waals surface area contributed by atoms with Crippen molar-refractivity contribution in [2.24, 2.45) is 0 Å². The van der Waals surface area contributed by atoms with Gasteiger partial charge in [-0.05, 0) is 54.4 Å². The molecular formula is C24H29N3O2. The fourth-order valence-corrected chi connectivity index (χ4v) is 4.51. The molecule has 0 aromatic heterocycles. The first-order valence-electron chi connectivity index (χ1n) is 10.6. The summed E-state index contributed by atoms with van der Waals surface area (Å²) in [5.74, 6) is -0.0784. The molecule has 5 heteroatoms. The summed E-state index contributed by atoms with van der Waals surface area (Å²) < 4.78 is 0. The Morgan fingerprint density at radius 1 is 0.793 bits per heavy atom. The molecule has 0 spiro atoms. The average molecular weight is 392 g/mol. The SMILES string of the molecule is O=C(NCc1ccccc1)NC1(C(=O)NCc2ccc3c(c2)CCC3)CCCC1. The third-order valence-electron chi connectivity index (χ3n) is 6.16. The second-order valence-electron chi connectivity index (χ2n) is 8.22. The van der Waals surface area contributed by atoms with Crippen LogP contribution in [0.4, 0.5) is 4.79 Å². The molecule has 5 nitrogen and oxygen atoms in total. The van der Waals surface area contributed by atoms with Crippen LogP contribution >= 0.6 is 0 Å². The van der Waals surface area contributed by atoms with E-state index in [4.69, 9.17) is 0 Å². The quantitative estimate of drug-likeness (QED) is 0.704. The number of carbonyl (C=O) groups is 2. The maximum atomic E-state index is 13.0. The minimum Gasteiger partial charge on any atom is -0.350 e. The maximum Gasteiger partial charge on any atom is 0.315 e. The first-order chi connectivity index (χ1) is 14.1. The van der Waals surface area contributed by atoms with E-state index in [9.17, 15) is 9.59 Å². The summed E-state index contributed by atoms with van der Waals surface area (Å²) in [6, 6.07) is 16.0. The summed E-state index contributed by atoms with van der Waals surface area (Å²) in [7, 11) is 0. The number of amides is 3. The number of aryl methyl sites for hydroxylation is 2. The molecule has 2 aliphatic rings. The van der Waals surface area contributed by atoms with Crippen LogP contribution < -0.4 is 16.0 Å². The lowest BCUT2D eigenvalue weighted by Gasteiger charge is -2.29. The predicted molar refractivity (Wildman–Crippen MR) is 113 cm³/mol. The van der Waals surface area contributed by atoms with Crippen molar-refractivity contribution in [1.82, 2.24) is 16.0 Å². The largest absolute Gasteiger partial charge is 0.350 e. The van der Waals surface area contributed by atoms with Gasteiger partial charge in [0.2, 0.25) is 5.91 Å². The van der Waals surface area contributed by atoms with Gasteiger partial charge in [-0.2, -0.15) is 0 Å². The topological polar surface area (TPSA) is 70.2 Å². The van der Waals surface area contributed by atoms with E-state index in [0.717, 1.165) is 36.8 Å². The van der Waals surface area contributed by atoms with Gasteiger partial charge < -0.3 is 16.0 Å². The van der Waals surface area contributed by atoms with Crippen molar-refractivity contribution in [2.45, 2.75) is 63.6 Å². The Bertz CT molecular complexity index is 873. The summed E-state index contributed by atoms with van der Waals surface area (Å²) in [5.41, 5.74) is 4.19. The van der Waals surface area contributed by atoms with E-state index in [1.54, 1.807) is 0 Å². The minimum atomic E-state index is -0.808. The Morgan fingerprint density at radius 3 is 2.31 bits per heavy atom. The van der Waals surface area contributed by atoms with Gasteiger partial charge in [0.25, 0.3) is 0 Å². The van der Waals surface area contributed by atoms with E-state index >= 15 is 0 Å². The number of hydrogen-bond donors (Lipinski definition) is 3.